The molecule has 0 aromatic carbocycles. The van der Waals surface area contributed by atoms with Gasteiger partial charge < -0.3 is 16.5 Å². The number of rotatable bonds is 5. The van der Waals surface area contributed by atoms with Gasteiger partial charge in [0.05, 0.1) is 0 Å². The van der Waals surface area contributed by atoms with Crippen molar-refractivity contribution in [3.05, 3.63) is 35.7 Å². The molecule has 0 aromatic heterocycles. The van der Waals surface area contributed by atoms with Crippen LogP contribution in [0.3, 0.4) is 0 Å². The maximum atomic E-state index is 5.86. The molecule has 0 aromatic rings. The third-order valence-corrected chi connectivity index (χ3v) is 2.20. The lowest BCUT2D eigenvalue weighted by molar-refractivity contribution is 0.400. The van der Waals surface area contributed by atoms with Crippen molar-refractivity contribution in [2.24, 2.45) is 17.3 Å². The van der Waals surface area contributed by atoms with Gasteiger partial charge in [0.1, 0.15) is 0 Å². The van der Waals surface area contributed by atoms with Crippen LogP contribution in [0.1, 0.15) is 19.3 Å². The average Bonchev–Trinajstić information content (AvgIpc) is 2.19. The minimum atomic E-state index is 0.531. The van der Waals surface area contributed by atoms with Gasteiger partial charge in [0.2, 0.25) is 0 Å². The highest BCUT2D eigenvalue weighted by Gasteiger charge is 2.00. The summed E-state index contributed by atoms with van der Waals surface area (Å²) in [4.78, 5) is 0. The Bertz CT molecular complexity index is 278. The maximum Gasteiger partial charge on any atom is 0.0458 e. The highest BCUT2D eigenvalue weighted by molar-refractivity contribution is 5.26. The highest BCUT2D eigenvalue weighted by atomic mass is 15.4. The Balaban J connectivity index is 2.43. The first-order valence-electron chi connectivity index (χ1n) is 5.25. The molecule has 0 atom stereocenters. The topological polar surface area (TPSA) is 81.3 Å². The second-order valence-electron chi connectivity index (χ2n) is 3.67. The first-order valence-corrected chi connectivity index (χ1v) is 5.25. The molecular weight excluding hydrogens is 188 g/mol. The molecule has 0 unspecified atom stereocenters. The summed E-state index contributed by atoms with van der Waals surface area (Å²) < 4.78 is 0. The van der Waals surface area contributed by atoms with E-state index in [2.05, 4.69) is 18.2 Å². The van der Waals surface area contributed by atoms with Crippen molar-refractivity contribution >= 4 is 0 Å². The van der Waals surface area contributed by atoms with Crippen LogP contribution in [0.5, 0.6) is 0 Å². The first kappa shape index (κ1) is 11.8. The van der Waals surface area contributed by atoms with Gasteiger partial charge >= 0.3 is 0 Å². The summed E-state index contributed by atoms with van der Waals surface area (Å²) in [6, 6.07) is 0. The predicted octanol–water partition coefficient (Wildman–Crippen LogP) is 0.587. The minimum Gasteiger partial charge on any atom is -0.401 e. The maximum absolute atomic E-state index is 5.86. The molecule has 84 valence electrons. The van der Waals surface area contributed by atoms with Crippen molar-refractivity contribution in [2.45, 2.75) is 19.3 Å². The summed E-state index contributed by atoms with van der Waals surface area (Å²) in [6.45, 7) is 1.15. The normalized spacial score (nSPS) is 16.4. The van der Waals surface area contributed by atoms with E-state index in [1.54, 1.807) is 6.20 Å². The largest absolute Gasteiger partial charge is 0.401 e. The summed E-state index contributed by atoms with van der Waals surface area (Å²) in [5.74, 6) is 5.65. The van der Waals surface area contributed by atoms with E-state index in [0.29, 0.717) is 13.1 Å². The molecule has 4 nitrogen and oxygen atoms in total. The van der Waals surface area contributed by atoms with Gasteiger partial charge in [0, 0.05) is 31.4 Å². The lowest BCUT2D eigenvalue weighted by Crippen LogP contribution is -2.31. The van der Waals surface area contributed by atoms with Crippen LogP contribution < -0.4 is 17.3 Å². The van der Waals surface area contributed by atoms with Crippen LogP contribution >= 0.6 is 0 Å². The third-order valence-electron chi connectivity index (χ3n) is 2.20. The van der Waals surface area contributed by atoms with E-state index in [9.17, 15) is 0 Å². The van der Waals surface area contributed by atoms with Crippen LogP contribution in [0.2, 0.25) is 0 Å². The van der Waals surface area contributed by atoms with Gasteiger partial charge in [0.15, 0.2) is 0 Å². The Morgan fingerprint density at radius 1 is 1.47 bits per heavy atom. The fourth-order valence-corrected chi connectivity index (χ4v) is 1.51. The van der Waals surface area contributed by atoms with Crippen LogP contribution in [-0.4, -0.2) is 18.1 Å². The molecule has 0 radical (unpaired) electrons. The average molecular weight is 208 g/mol. The molecule has 15 heavy (non-hydrogen) atoms. The molecule has 1 aliphatic carbocycles. The molecule has 1 aliphatic rings. The molecule has 0 spiro atoms. The van der Waals surface area contributed by atoms with E-state index in [0.717, 1.165) is 25.0 Å². The van der Waals surface area contributed by atoms with Crippen molar-refractivity contribution < 1.29 is 0 Å². The summed E-state index contributed by atoms with van der Waals surface area (Å²) in [7, 11) is 0. The van der Waals surface area contributed by atoms with Gasteiger partial charge in [-0.05, 0) is 18.4 Å². The number of nitrogens with two attached hydrogens (primary N) is 3. The minimum absolute atomic E-state index is 0.531. The molecule has 0 heterocycles. The molecule has 0 amide bonds. The van der Waals surface area contributed by atoms with Crippen LogP contribution in [0.4, 0.5) is 0 Å². The molecule has 0 saturated carbocycles. The molecule has 4 heteroatoms. The molecule has 1 rings (SSSR count). The zero-order valence-corrected chi connectivity index (χ0v) is 9.02. The molecule has 0 saturated heterocycles. The van der Waals surface area contributed by atoms with E-state index in [4.69, 9.17) is 17.3 Å². The Labute approximate surface area is 91.1 Å². The number of hydrazine groups is 1. The monoisotopic (exact) mass is 208 g/mol. The fourth-order valence-electron chi connectivity index (χ4n) is 1.51. The smallest absolute Gasteiger partial charge is 0.0458 e. The second-order valence-corrected chi connectivity index (χ2v) is 3.67. The van der Waals surface area contributed by atoms with Crippen LogP contribution in [0.25, 0.3) is 0 Å². The van der Waals surface area contributed by atoms with Gasteiger partial charge in [-0.2, -0.15) is 0 Å². The predicted molar refractivity (Wildman–Crippen MR) is 63.3 cm³/mol. The molecule has 0 fully saturated rings. The van der Waals surface area contributed by atoms with Crippen LogP contribution in [0.15, 0.2) is 35.7 Å². The summed E-state index contributed by atoms with van der Waals surface area (Å²) >= 11 is 0. The van der Waals surface area contributed by atoms with Gasteiger partial charge in [-0.3, -0.25) is 0 Å². The number of hydrogen-bond donors (Lipinski definition) is 3. The molecule has 0 aliphatic heterocycles. The van der Waals surface area contributed by atoms with Crippen LogP contribution in [0, 0.1) is 0 Å². The Morgan fingerprint density at radius 2 is 2.27 bits per heavy atom. The van der Waals surface area contributed by atoms with Crippen molar-refractivity contribution in [1.82, 2.24) is 5.01 Å². The molecular formula is C11H20N4. The standard InChI is InChI=1S/C11H20N4/c12-6-7-15(14)9-11(13)8-10-4-2-1-3-5-10/h2,4-5,9H,1,3,6-8,12-14H2/b11-9-. The van der Waals surface area contributed by atoms with E-state index in [-0.39, 0.29) is 0 Å². The van der Waals surface area contributed by atoms with E-state index in [1.807, 2.05) is 0 Å². The van der Waals surface area contributed by atoms with Gasteiger partial charge in [-0.25, -0.2) is 5.84 Å². The second kappa shape index (κ2) is 6.27. The number of allylic oxidation sites excluding steroid dienone is 4. The SMILES string of the molecule is NCCN(N)/C=C(\N)CC1=CCCC=C1. The Morgan fingerprint density at radius 3 is 2.87 bits per heavy atom. The quantitative estimate of drug-likeness (QED) is 0.456. The van der Waals surface area contributed by atoms with Crippen molar-refractivity contribution in [1.29, 1.82) is 0 Å². The molecule has 0 bridgehead atoms. The zero-order chi connectivity index (χ0) is 11.1. The lowest BCUT2D eigenvalue weighted by Gasteiger charge is -2.14. The summed E-state index contributed by atoms with van der Waals surface area (Å²) in [5.41, 5.74) is 13.3. The summed E-state index contributed by atoms with van der Waals surface area (Å²) in [6.07, 6.45) is 11.2. The van der Waals surface area contributed by atoms with Crippen LogP contribution in [-0.2, 0) is 0 Å². The Kier molecular flexibility index (Phi) is 4.93. The van der Waals surface area contributed by atoms with Gasteiger partial charge in [-0.15, -0.1) is 0 Å². The Hall–Kier alpha value is -1.26. The van der Waals surface area contributed by atoms with Crippen molar-refractivity contribution in [2.75, 3.05) is 13.1 Å². The third kappa shape index (κ3) is 4.67. The summed E-state index contributed by atoms with van der Waals surface area (Å²) in [5, 5.41) is 1.53. The number of hydrogen-bond acceptors (Lipinski definition) is 4. The first-order chi connectivity index (χ1) is 7.22. The highest BCUT2D eigenvalue weighted by Crippen LogP contribution is 2.15. The van der Waals surface area contributed by atoms with E-state index >= 15 is 0 Å². The fraction of sp³-hybridized carbons (Fsp3) is 0.455. The van der Waals surface area contributed by atoms with E-state index < -0.39 is 0 Å². The lowest BCUT2D eigenvalue weighted by atomic mass is 10.0. The van der Waals surface area contributed by atoms with E-state index in [1.165, 1.54) is 10.6 Å². The van der Waals surface area contributed by atoms with Crippen molar-refractivity contribution in [3.8, 4) is 0 Å². The van der Waals surface area contributed by atoms with Crippen molar-refractivity contribution in [3.63, 3.8) is 0 Å². The van der Waals surface area contributed by atoms with Gasteiger partial charge in [0.25, 0.3) is 0 Å². The zero-order valence-electron chi connectivity index (χ0n) is 9.02. The number of nitrogens with zero attached hydrogens (tertiary/aromatic N) is 1. The van der Waals surface area contributed by atoms with Gasteiger partial charge in [-0.1, -0.05) is 18.2 Å². The molecule has 6 N–H and O–H groups in total.